The van der Waals surface area contributed by atoms with Gasteiger partial charge in [-0.15, -0.1) is 0 Å². The lowest BCUT2D eigenvalue weighted by Crippen LogP contribution is -2.40. The highest BCUT2D eigenvalue weighted by atomic mass is 16.3. The van der Waals surface area contributed by atoms with Crippen LogP contribution in [0, 0.1) is 0 Å². The predicted octanol–water partition coefficient (Wildman–Crippen LogP) is 4.02. The molecule has 0 fully saturated rings. The zero-order valence-corrected chi connectivity index (χ0v) is 13.5. The average Bonchev–Trinajstić information content (AvgIpc) is 2.96. The summed E-state index contributed by atoms with van der Waals surface area (Å²) in [6, 6.07) is 25.0. The van der Waals surface area contributed by atoms with Gasteiger partial charge in [0, 0.05) is 5.56 Å². The lowest BCUT2D eigenvalue weighted by atomic mass is 9.82. The molecule has 3 atom stereocenters. The Morgan fingerprint density at radius 3 is 2.08 bits per heavy atom. The Morgan fingerprint density at radius 2 is 1.32 bits per heavy atom. The Morgan fingerprint density at radius 1 is 0.720 bits per heavy atom. The van der Waals surface area contributed by atoms with Crippen LogP contribution in [0.2, 0.25) is 0 Å². The Kier molecular flexibility index (Phi) is 3.06. The van der Waals surface area contributed by atoms with Crippen molar-refractivity contribution in [2.24, 2.45) is 0 Å². The molecule has 0 bridgehead atoms. The molecule has 0 spiro atoms. The number of aliphatic hydroxyl groups excluding tert-OH is 1. The van der Waals surface area contributed by atoms with E-state index in [1.165, 1.54) is 0 Å². The van der Waals surface area contributed by atoms with E-state index in [0.717, 1.165) is 27.8 Å². The molecule has 0 saturated heterocycles. The van der Waals surface area contributed by atoms with Crippen molar-refractivity contribution in [3.05, 3.63) is 107 Å². The average molecular weight is 327 g/mol. The monoisotopic (exact) mass is 327 g/mol. The number of amides is 1. The molecule has 0 saturated carbocycles. The third kappa shape index (κ3) is 1.93. The van der Waals surface area contributed by atoms with Crippen LogP contribution in [0.25, 0.3) is 0 Å². The predicted molar refractivity (Wildman–Crippen MR) is 95.0 cm³/mol. The Labute approximate surface area is 146 Å². The van der Waals surface area contributed by atoms with Crippen LogP contribution < -0.4 is 0 Å². The summed E-state index contributed by atoms with van der Waals surface area (Å²) in [6.45, 7) is 0. The first kappa shape index (κ1) is 14.4. The maximum atomic E-state index is 13.2. The van der Waals surface area contributed by atoms with Gasteiger partial charge in [-0.2, -0.15) is 0 Å². The van der Waals surface area contributed by atoms with Crippen molar-refractivity contribution in [1.82, 2.24) is 4.90 Å². The van der Waals surface area contributed by atoms with Crippen molar-refractivity contribution < 1.29 is 9.90 Å². The fourth-order valence-electron chi connectivity index (χ4n) is 4.29. The van der Waals surface area contributed by atoms with E-state index < -0.39 is 6.10 Å². The summed E-state index contributed by atoms with van der Waals surface area (Å²) in [5.74, 6) is -0.0111. The number of fused-ring (bicyclic) bond motifs is 5. The van der Waals surface area contributed by atoms with E-state index in [2.05, 4.69) is 0 Å². The van der Waals surface area contributed by atoms with Crippen LogP contribution in [0.5, 0.6) is 0 Å². The number of hydrogen-bond acceptors (Lipinski definition) is 2. The van der Waals surface area contributed by atoms with Crippen LogP contribution >= 0.6 is 0 Å². The van der Waals surface area contributed by atoms with E-state index in [-0.39, 0.29) is 18.0 Å². The first-order chi connectivity index (χ1) is 12.3. The summed E-state index contributed by atoms with van der Waals surface area (Å²) in [6.07, 6.45) is -0.742. The fourth-order valence-corrected chi connectivity index (χ4v) is 4.29. The molecule has 3 aromatic carbocycles. The highest BCUT2D eigenvalue weighted by Gasteiger charge is 2.48. The van der Waals surface area contributed by atoms with Crippen LogP contribution in [-0.4, -0.2) is 15.9 Å². The Bertz CT molecular complexity index is 967. The molecule has 0 aromatic heterocycles. The summed E-state index contributed by atoms with van der Waals surface area (Å²) < 4.78 is 0. The number of benzene rings is 3. The molecule has 1 amide bonds. The van der Waals surface area contributed by atoms with Gasteiger partial charge in [0.05, 0.1) is 12.1 Å². The minimum Gasteiger partial charge on any atom is -0.386 e. The highest BCUT2D eigenvalue weighted by Crippen LogP contribution is 2.52. The summed E-state index contributed by atoms with van der Waals surface area (Å²) in [7, 11) is 0. The quantitative estimate of drug-likeness (QED) is 0.733. The standard InChI is InChI=1S/C22H17NO2/c24-21-17-12-6-4-10-15(17)20-16-11-5-7-13-18(16)22(25)23(20)19(21)14-8-2-1-3-9-14/h1-13,19-21,24H/t19-,20-,21+/m1/s1. The molecule has 25 heavy (non-hydrogen) atoms. The minimum absolute atomic E-state index is 0.0111. The van der Waals surface area contributed by atoms with E-state index in [4.69, 9.17) is 0 Å². The maximum Gasteiger partial charge on any atom is 0.255 e. The first-order valence-corrected chi connectivity index (χ1v) is 8.51. The maximum absolute atomic E-state index is 13.2. The molecule has 0 unspecified atom stereocenters. The van der Waals surface area contributed by atoms with Gasteiger partial charge in [-0.05, 0) is 28.3 Å². The van der Waals surface area contributed by atoms with Crippen molar-refractivity contribution in [1.29, 1.82) is 0 Å². The lowest BCUT2D eigenvalue weighted by molar-refractivity contribution is 0.0186. The summed E-state index contributed by atoms with van der Waals surface area (Å²) >= 11 is 0. The number of nitrogens with zero attached hydrogens (tertiary/aromatic N) is 1. The lowest BCUT2D eigenvalue weighted by Gasteiger charge is -2.42. The van der Waals surface area contributed by atoms with Gasteiger partial charge >= 0.3 is 0 Å². The van der Waals surface area contributed by atoms with E-state index in [1.807, 2.05) is 83.8 Å². The smallest absolute Gasteiger partial charge is 0.255 e. The van der Waals surface area contributed by atoms with Gasteiger partial charge in [0.1, 0.15) is 6.10 Å². The Balaban J connectivity index is 1.79. The highest BCUT2D eigenvalue weighted by molar-refractivity contribution is 6.00. The molecule has 0 radical (unpaired) electrons. The molecule has 0 aliphatic carbocycles. The zero-order valence-electron chi connectivity index (χ0n) is 13.5. The van der Waals surface area contributed by atoms with Crippen molar-refractivity contribution in [3.8, 4) is 0 Å². The molecule has 2 aliphatic heterocycles. The number of carbonyl (C=O) groups is 1. The number of aliphatic hydroxyl groups is 1. The molecule has 2 heterocycles. The van der Waals surface area contributed by atoms with Crippen LogP contribution in [-0.2, 0) is 0 Å². The van der Waals surface area contributed by atoms with Crippen LogP contribution in [0.3, 0.4) is 0 Å². The first-order valence-electron chi connectivity index (χ1n) is 8.51. The molecule has 5 rings (SSSR count). The summed E-state index contributed by atoms with van der Waals surface area (Å²) in [5.41, 5.74) is 4.63. The van der Waals surface area contributed by atoms with Crippen molar-refractivity contribution in [2.75, 3.05) is 0 Å². The molecule has 122 valence electrons. The van der Waals surface area contributed by atoms with Gasteiger partial charge in [0.15, 0.2) is 0 Å². The van der Waals surface area contributed by atoms with Gasteiger partial charge < -0.3 is 10.0 Å². The second-order valence-electron chi connectivity index (χ2n) is 6.63. The summed E-state index contributed by atoms with van der Waals surface area (Å²) in [5, 5.41) is 11.1. The van der Waals surface area contributed by atoms with Crippen molar-refractivity contribution in [2.45, 2.75) is 18.2 Å². The normalized spacial score (nSPS) is 23.8. The topological polar surface area (TPSA) is 40.5 Å². The van der Waals surface area contributed by atoms with Gasteiger partial charge in [0.25, 0.3) is 5.91 Å². The minimum atomic E-state index is -0.742. The molecule has 1 N–H and O–H groups in total. The molecule has 3 nitrogen and oxygen atoms in total. The number of rotatable bonds is 1. The van der Waals surface area contributed by atoms with Gasteiger partial charge in [0.2, 0.25) is 0 Å². The molecular weight excluding hydrogens is 310 g/mol. The van der Waals surface area contributed by atoms with Crippen LogP contribution in [0.15, 0.2) is 78.9 Å². The number of carbonyl (C=O) groups excluding carboxylic acids is 1. The van der Waals surface area contributed by atoms with Crippen LogP contribution in [0.1, 0.15) is 50.8 Å². The van der Waals surface area contributed by atoms with Crippen molar-refractivity contribution in [3.63, 3.8) is 0 Å². The van der Waals surface area contributed by atoms with Gasteiger partial charge in [-0.1, -0.05) is 72.8 Å². The van der Waals surface area contributed by atoms with E-state index in [1.54, 1.807) is 0 Å². The second-order valence-corrected chi connectivity index (χ2v) is 6.63. The summed E-state index contributed by atoms with van der Waals surface area (Å²) in [4.78, 5) is 15.0. The molecule has 3 heteroatoms. The van der Waals surface area contributed by atoms with Crippen molar-refractivity contribution >= 4 is 5.91 Å². The second kappa shape index (κ2) is 5.30. The number of hydrogen-bond donors (Lipinski definition) is 1. The third-order valence-electron chi connectivity index (χ3n) is 5.35. The van der Waals surface area contributed by atoms with E-state index in [0.29, 0.717) is 0 Å². The SMILES string of the molecule is O=C1c2ccccc2[C@H]2c3ccccc3[C@H](O)[C@@H](c3ccccc3)N12. The van der Waals surface area contributed by atoms with E-state index in [9.17, 15) is 9.90 Å². The Hall–Kier alpha value is -2.91. The molecule has 2 aliphatic rings. The third-order valence-corrected chi connectivity index (χ3v) is 5.35. The largest absolute Gasteiger partial charge is 0.386 e. The van der Waals surface area contributed by atoms with Gasteiger partial charge in [-0.3, -0.25) is 4.79 Å². The fraction of sp³-hybridized carbons (Fsp3) is 0.136. The zero-order chi connectivity index (χ0) is 17.0. The molecule has 3 aromatic rings. The molecular formula is C22H17NO2. The van der Waals surface area contributed by atoms with Crippen LogP contribution in [0.4, 0.5) is 0 Å². The van der Waals surface area contributed by atoms with E-state index >= 15 is 0 Å². The van der Waals surface area contributed by atoms with Gasteiger partial charge in [-0.25, -0.2) is 0 Å².